The highest BCUT2D eigenvalue weighted by Crippen LogP contribution is 2.24. The van der Waals surface area contributed by atoms with Crippen molar-refractivity contribution < 1.29 is 9.53 Å². The van der Waals surface area contributed by atoms with Crippen molar-refractivity contribution >= 4 is 40.5 Å². The molecular formula is C20H22Cl2N2O2. The smallest absolute Gasteiger partial charge is 0.224 e. The molecule has 2 aromatic carbocycles. The number of benzene rings is 2. The number of hydrogen-bond acceptors (Lipinski definition) is 3. The third kappa shape index (κ3) is 4.91. The molecule has 1 aliphatic heterocycles. The predicted molar refractivity (Wildman–Crippen MR) is 107 cm³/mol. The standard InChI is InChI=1S/C20H22Cl2N2O2/c1-26-17-10-11-24(13-17)16-6-4-15(5-7-16)23-20(25)9-3-14-2-8-18(21)19(22)12-14/h2,4-8,12,17H,3,9-11,13H2,1H3,(H,23,25). The molecule has 1 atom stereocenters. The minimum atomic E-state index is -0.0237. The average molecular weight is 393 g/mol. The van der Waals surface area contributed by atoms with Gasteiger partial charge >= 0.3 is 0 Å². The molecule has 0 spiro atoms. The number of ether oxygens (including phenoxy) is 1. The Morgan fingerprint density at radius 1 is 1.19 bits per heavy atom. The summed E-state index contributed by atoms with van der Waals surface area (Å²) in [5.41, 5.74) is 2.94. The van der Waals surface area contributed by atoms with E-state index in [0.717, 1.165) is 36.4 Å². The minimum Gasteiger partial charge on any atom is -0.380 e. The first-order chi connectivity index (χ1) is 12.5. The van der Waals surface area contributed by atoms with Crippen molar-refractivity contribution in [3.63, 3.8) is 0 Å². The maximum atomic E-state index is 12.2. The number of aryl methyl sites for hydroxylation is 1. The number of rotatable bonds is 6. The summed E-state index contributed by atoms with van der Waals surface area (Å²) in [6.45, 7) is 1.90. The average Bonchev–Trinajstić information content (AvgIpc) is 3.12. The van der Waals surface area contributed by atoms with E-state index in [4.69, 9.17) is 27.9 Å². The summed E-state index contributed by atoms with van der Waals surface area (Å²) in [6, 6.07) is 13.4. The molecule has 1 amide bonds. The van der Waals surface area contributed by atoms with Crippen LogP contribution in [0, 0.1) is 0 Å². The van der Waals surface area contributed by atoms with E-state index in [1.54, 1.807) is 19.2 Å². The Bertz CT molecular complexity index is 765. The molecule has 4 nitrogen and oxygen atoms in total. The number of halogens is 2. The first-order valence-electron chi connectivity index (χ1n) is 8.67. The molecule has 0 saturated carbocycles. The number of carbonyl (C=O) groups excluding carboxylic acids is 1. The van der Waals surface area contributed by atoms with E-state index in [-0.39, 0.29) is 5.91 Å². The van der Waals surface area contributed by atoms with E-state index in [9.17, 15) is 4.79 Å². The molecule has 1 fully saturated rings. The summed E-state index contributed by atoms with van der Waals surface area (Å²) in [7, 11) is 1.75. The fraction of sp³-hybridized carbons (Fsp3) is 0.350. The molecule has 6 heteroatoms. The lowest BCUT2D eigenvalue weighted by Crippen LogP contribution is -2.22. The van der Waals surface area contributed by atoms with Crippen LogP contribution in [0.4, 0.5) is 11.4 Å². The van der Waals surface area contributed by atoms with Crippen molar-refractivity contribution in [3.05, 3.63) is 58.1 Å². The topological polar surface area (TPSA) is 41.6 Å². The minimum absolute atomic E-state index is 0.0237. The zero-order valence-electron chi connectivity index (χ0n) is 14.7. The van der Waals surface area contributed by atoms with E-state index in [1.165, 1.54) is 0 Å². The maximum Gasteiger partial charge on any atom is 0.224 e. The molecule has 3 rings (SSSR count). The SMILES string of the molecule is COC1CCN(c2ccc(NC(=O)CCc3ccc(Cl)c(Cl)c3)cc2)C1. The van der Waals surface area contributed by atoms with Gasteiger partial charge in [0.15, 0.2) is 0 Å². The van der Waals surface area contributed by atoms with E-state index >= 15 is 0 Å². The van der Waals surface area contributed by atoms with Crippen LogP contribution in [-0.4, -0.2) is 32.2 Å². The Kier molecular flexibility index (Phi) is 6.41. The molecule has 138 valence electrons. The fourth-order valence-corrected chi connectivity index (χ4v) is 3.41. The molecule has 1 heterocycles. The largest absolute Gasteiger partial charge is 0.380 e. The number of nitrogens with one attached hydrogen (secondary N) is 1. The van der Waals surface area contributed by atoms with E-state index < -0.39 is 0 Å². The van der Waals surface area contributed by atoms with Gasteiger partial charge in [-0.1, -0.05) is 29.3 Å². The van der Waals surface area contributed by atoms with Gasteiger partial charge in [-0.15, -0.1) is 0 Å². The van der Waals surface area contributed by atoms with Crippen LogP contribution in [-0.2, 0) is 16.0 Å². The molecule has 0 bridgehead atoms. The lowest BCUT2D eigenvalue weighted by atomic mass is 10.1. The van der Waals surface area contributed by atoms with Crippen LogP contribution in [0.25, 0.3) is 0 Å². The normalized spacial score (nSPS) is 16.7. The first-order valence-corrected chi connectivity index (χ1v) is 9.42. The Labute approximate surface area is 164 Å². The van der Waals surface area contributed by atoms with Crippen LogP contribution in [0.15, 0.2) is 42.5 Å². The van der Waals surface area contributed by atoms with Gasteiger partial charge in [0.1, 0.15) is 0 Å². The highest BCUT2D eigenvalue weighted by molar-refractivity contribution is 6.42. The van der Waals surface area contributed by atoms with Gasteiger partial charge < -0.3 is 15.0 Å². The Hall–Kier alpha value is -1.75. The van der Waals surface area contributed by atoms with E-state index in [1.807, 2.05) is 30.3 Å². The second-order valence-corrected chi connectivity index (χ2v) is 7.25. The zero-order chi connectivity index (χ0) is 18.5. The summed E-state index contributed by atoms with van der Waals surface area (Å²) in [4.78, 5) is 14.5. The van der Waals surface area contributed by atoms with Crippen molar-refractivity contribution in [3.8, 4) is 0 Å². The van der Waals surface area contributed by atoms with Crippen molar-refractivity contribution in [2.24, 2.45) is 0 Å². The van der Waals surface area contributed by atoms with Gasteiger partial charge in [-0.2, -0.15) is 0 Å². The van der Waals surface area contributed by atoms with E-state index in [0.29, 0.717) is 29.0 Å². The third-order valence-corrected chi connectivity index (χ3v) is 5.36. The van der Waals surface area contributed by atoms with E-state index in [2.05, 4.69) is 10.2 Å². The van der Waals surface area contributed by atoms with Crippen LogP contribution in [0.3, 0.4) is 0 Å². The van der Waals surface area contributed by atoms with Gasteiger partial charge in [-0.05, 0) is 54.8 Å². The summed E-state index contributed by atoms with van der Waals surface area (Å²) in [6.07, 6.45) is 2.36. The van der Waals surface area contributed by atoms with Gasteiger partial charge in [0.2, 0.25) is 5.91 Å². The molecule has 26 heavy (non-hydrogen) atoms. The van der Waals surface area contributed by atoms with Crippen molar-refractivity contribution in [1.82, 2.24) is 0 Å². The zero-order valence-corrected chi connectivity index (χ0v) is 16.2. The number of anilines is 2. The second kappa shape index (κ2) is 8.76. The molecule has 1 N–H and O–H groups in total. The fourth-order valence-electron chi connectivity index (χ4n) is 3.09. The van der Waals surface area contributed by atoms with Gasteiger partial charge in [0, 0.05) is 38.0 Å². The summed E-state index contributed by atoms with van der Waals surface area (Å²) in [5.74, 6) is -0.0237. The predicted octanol–water partition coefficient (Wildman–Crippen LogP) is 4.79. The number of methoxy groups -OCH3 is 1. The molecular weight excluding hydrogens is 371 g/mol. The third-order valence-electron chi connectivity index (χ3n) is 4.62. The van der Waals surface area contributed by atoms with Gasteiger partial charge in [0.25, 0.3) is 0 Å². The number of nitrogens with zero attached hydrogens (tertiary/aromatic N) is 1. The number of hydrogen-bond donors (Lipinski definition) is 1. The van der Waals surface area contributed by atoms with Crippen LogP contribution in [0.5, 0.6) is 0 Å². The molecule has 2 aromatic rings. The highest BCUT2D eigenvalue weighted by Gasteiger charge is 2.22. The second-order valence-electron chi connectivity index (χ2n) is 6.44. The Morgan fingerprint density at radius 3 is 2.62 bits per heavy atom. The van der Waals surface area contributed by atoms with Crippen LogP contribution in [0.1, 0.15) is 18.4 Å². The summed E-state index contributed by atoms with van der Waals surface area (Å²) < 4.78 is 5.40. The molecule has 0 radical (unpaired) electrons. The van der Waals surface area contributed by atoms with Crippen molar-refractivity contribution in [2.75, 3.05) is 30.4 Å². The van der Waals surface area contributed by atoms with Crippen LogP contribution < -0.4 is 10.2 Å². The lowest BCUT2D eigenvalue weighted by Gasteiger charge is -2.18. The van der Waals surface area contributed by atoms with Gasteiger partial charge in [-0.3, -0.25) is 4.79 Å². The van der Waals surface area contributed by atoms with Crippen LogP contribution in [0.2, 0.25) is 10.0 Å². The molecule has 1 unspecified atom stereocenters. The van der Waals surface area contributed by atoms with Crippen molar-refractivity contribution in [2.45, 2.75) is 25.4 Å². The summed E-state index contributed by atoms with van der Waals surface area (Å²) in [5, 5.41) is 3.97. The van der Waals surface area contributed by atoms with Gasteiger partial charge in [-0.25, -0.2) is 0 Å². The number of amides is 1. The quantitative estimate of drug-likeness (QED) is 0.767. The molecule has 0 aliphatic carbocycles. The maximum absolute atomic E-state index is 12.2. The van der Waals surface area contributed by atoms with Crippen LogP contribution >= 0.6 is 23.2 Å². The molecule has 1 saturated heterocycles. The summed E-state index contributed by atoms with van der Waals surface area (Å²) >= 11 is 11.9. The molecule has 1 aliphatic rings. The first kappa shape index (κ1) is 19.0. The Balaban J connectivity index is 1.50. The highest BCUT2D eigenvalue weighted by atomic mass is 35.5. The van der Waals surface area contributed by atoms with Gasteiger partial charge in [0.05, 0.1) is 16.1 Å². The monoisotopic (exact) mass is 392 g/mol. The van der Waals surface area contributed by atoms with Crippen molar-refractivity contribution in [1.29, 1.82) is 0 Å². The molecule has 0 aromatic heterocycles. The Morgan fingerprint density at radius 2 is 1.96 bits per heavy atom. The number of carbonyl (C=O) groups is 1. The lowest BCUT2D eigenvalue weighted by molar-refractivity contribution is -0.116.